The Morgan fingerprint density at radius 2 is 2.11 bits per heavy atom. The third-order valence-electron chi connectivity index (χ3n) is 3.44. The van der Waals surface area contributed by atoms with Gasteiger partial charge in [0.25, 0.3) is 5.91 Å². The molecule has 0 aliphatic carbocycles. The standard InChI is InChI=1S/C15H20ClNO2/c1-11-4-3-9-17(10-11)15(18)12(2)19-14-7-5-13(16)6-8-14/h5-8,11-12H,3-4,9-10H2,1-2H3/t11-,12+/m1/s1. The first-order chi connectivity index (χ1) is 9.06. The van der Waals surface area contributed by atoms with Crippen LogP contribution in [0.15, 0.2) is 24.3 Å². The largest absolute Gasteiger partial charge is 0.481 e. The van der Waals surface area contributed by atoms with E-state index in [2.05, 4.69) is 6.92 Å². The summed E-state index contributed by atoms with van der Waals surface area (Å²) in [6.07, 6.45) is 1.84. The third-order valence-corrected chi connectivity index (χ3v) is 3.69. The first kappa shape index (κ1) is 14.2. The summed E-state index contributed by atoms with van der Waals surface area (Å²) >= 11 is 5.82. The molecule has 0 saturated carbocycles. The summed E-state index contributed by atoms with van der Waals surface area (Å²) in [7, 11) is 0. The second-order valence-corrected chi connectivity index (χ2v) is 5.68. The van der Waals surface area contributed by atoms with Crippen molar-refractivity contribution < 1.29 is 9.53 Å². The highest BCUT2D eigenvalue weighted by Crippen LogP contribution is 2.19. The van der Waals surface area contributed by atoms with Gasteiger partial charge in [0.1, 0.15) is 5.75 Å². The minimum absolute atomic E-state index is 0.0708. The van der Waals surface area contributed by atoms with Crippen molar-refractivity contribution in [1.29, 1.82) is 0 Å². The molecule has 0 bridgehead atoms. The Kier molecular flexibility index (Phi) is 4.70. The van der Waals surface area contributed by atoms with Crippen molar-refractivity contribution in [3.8, 4) is 5.75 Å². The Labute approximate surface area is 119 Å². The van der Waals surface area contributed by atoms with E-state index in [1.165, 1.54) is 6.42 Å². The summed E-state index contributed by atoms with van der Waals surface area (Å²) in [6, 6.07) is 7.09. The number of benzene rings is 1. The topological polar surface area (TPSA) is 29.5 Å². The molecule has 2 atom stereocenters. The molecule has 3 nitrogen and oxygen atoms in total. The van der Waals surface area contributed by atoms with Gasteiger partial charge in [-0.3, -0.25) is 4.79 Å². The van der Waals surface area contributed by atoms with Crippen LogP contribution in [0.4, 0.5) is 0 Å². The molecule has 1 aliphatic heterocycles. The van der Waals surface area contributed by atoms with Gasteiger partial charge in [-0.1, -0.05) is 18.5 Å². The van der Waals surface area contributed by atoms with Gasteiger partial charge in [0, 0.05) is 18.1 Å². The molecule has 19 heavy (non-hydrogen) atoms. The maximum atomic E-state index is 12.3. The Hall–Kier alpha value is -1.22. The summed E-state index contributed by atoms with van der Waals surface area (Å²) in [5.41, 5.74) is 0. The molecule has 1 aromatic carbocycles. The smallest absolute Gasteiger partial charge is 0.263 e. The summed E-state index contributed by atoms with van der Waals surface area (Å²) in [5, 5.41) is 0.663. The lowest BCUT2D eigenvalue weighted by Gasteiger charge is -2.32. The van der Waals surface area contributed by atoms with E-state index in [0.717, 1.165) is 19.5 Å². The summed E-state index contributed by atoms with van der Waals surface area (Å²) in [5.74, 6) is 1.33. The highest BCUT2D eigenvalue weighted by Gasteiger charge is 2.25. The third kappa shape index (κ3) is 3.87. The lowest BCUT2D eigenvalue weighted by atomic mass is 10.00. The molecule has 0 spiro atoms. The van der Waals surface area contributed by atoms with Gasteiger partial charge in [-0.2, -0.15) is 0 Å². The van der Waals surface area contributed by atoms with Crippen LogP contribution in [0.1, 0.15) is 26.7 Å². The number of likely N-dealkylation sites (tertiary alicyclic amines) is 1. The van der Waals surface area contributed by atoms with E-state index in [9.17, 15) is 4.79 Å². The van der Waals surface area contributed by atoms with Gasteiger partial charge >= 0.3 is 0 Å². The van der Waals surface area contributed by atoms with Gasteiger partial charge in [0.2, 0.25) is 0 Å². The molecular formula is C15H20ClNO2. The Morgan fingerprint density at radius 1 is 1.42 bits per heavy atom. The highest BCUT2D eigenvalue weighted by molar-refractivity contribution is 6.30. The van der Waals surface area contributed by atoms with Gasteiger partial charge in [0.15, 0.2) is 6.10 Å². The van der Waals surface area contributed by atoms with Crippen molar-refractivity contribution in [2.24, 2.45) is 5.92 Å². The van der Waals surface area contributed by atoms with Crippen molar-refractivity contribution in [3.05, 3.63) is 29.3 Å². The van der Waals surface area contributed by atoms with Crippen molar-refractivity contribution in [2.45, 2.75) is 32.8 Å². The van der Waals surface area contributed by atoms with Gasteiger partial charge in [-0.25, -0.2) is 0 Å². The number of hydrogen-bond donors (Lipinski definition) is 0. The molecule has 1 amide bonds. The number of carbonyl (C=O) groups is 1. The average Bonchev–Trinajstić information content (AvgIpc) is 2.40. The molecule has 2 rings (SSSR count). The fourth-order valence-electron chi connectivity index (χ4n) is 2.41. The van der Waals surface area contributed by atoms with Crippen molar-refractivity contribution in [1.82, 2.24) is 4.90 Å². The average molecular weight is 282 g/mol. The van der Waals surface area contributed by atoms with E-state index in [0.29, 0.717) is 16.7 Å². The Balaban J connectivity index is 1.93. The monoisotopic (exact) mass is 281 g/mol. The maximum absolute atomic E-state index is 12.3. The molecular weight excluding hydrogens is 262 g/mol. The number of piperidine rings is 1. The number of rotatable bonds is 3. The molecule has 0 N–H and O–H groups in total. The number of ether oxygens (including phenoxy) is 1. The zero-order chi connectivity index (χ0) is 13.8. The zero-order valence-corrected chi connectivity index (χ0v) is 12.2. The Bertz CT molecular complexity index is 432. The van der Waals surface area contributed by atoms with E-state index < -0.39 is 6.10 Å². The van der Waals surface area contributed by atoms with Crippen LogP contribution in [0.2, 0.25) is 5.02 Å². The van der Waals surface area contributed by atoms with E-state index in [1.54, 1.807) is 31.2 Å². The Morgan fingerprint density at radius 3 is 2.74 bits per heavy atom. The first-order valence-electron chi connectivity index (χ1n) is 6.77. The van der Waals surface area contributed by atoms with E-state index >= 15 is 0 Å². The van der Waals surface area contributed by atoms with Crippen LogP contribution in [0, 0.1) is 5.92 Å². The van der Waals surface area contributed by atoms with Crippen LogP contribution < -0.4 is 4.74 Å². The van der Waals surface area contributed by atoms with Crippen LogP contribution in [0.3, 0.4) is 0 Å². The normalized spacial score (nSPS) is 21.0. The fraction of sp³-hybridized carbons (Fsp3) is 0.533. The van der Waals surface area contributed by atoms with E-state index in [-0.39, 0.29) is 5.91 Å². The number of amides is 1. The highest BCUT2D eigenvalue weighted by atomic mass is 35.5. The van der Waals surface area contributed by atoms with E-state index in [1.807, 2.05) is 4.90 Å². The van der Waals surface area contributed by atoms with Crippen LogP contribution in [0.5, 0.6) is 5.75 Å². The van der Waals surface area contributed by atoms with Crippen LogP contribution in [-0.4, -0.2) is 30.0 Å². The first-order valence-corrected chi connectivity index (χ1v) is 7.15. The molecule has 0 unspecified atom stereocenters. The molecule has 1 aliphatic rings. The predicted molar refractivity (Wildman–Crippen MR) is 76.5 cm³/mol. The van der Waals surface area contributed by atoms with Crippen LogP contribution in [-0.2, 0) is 4.79 Å². The summed E-state index contributed by atoms with van der Waals surface area (Å²) in [4.78, 5) is 14.2. The van der Waals surface area contributed by atoms with Crippen molar-refractivity contribution in [2.75, 3.05) is 13.1 Å². The second kappa shape index (κ2) is 6.29. The van der Waals surface area contributed by atoms with Gasteiger partial charge in [-0.15, -0.1) is 0 Å². The lowest BCUT2D eigenvalue weighted by molar-refractivity contribution is -0.139. The molecule has 0 aromatic heterocycles. The lowest BCUT2D eigenvalue weighted by Crippen LogP contribution is -2.45. The molecule has 0 radical (unpaired) electrons. The van der Waals surface area contributed by atoms with Crippen LogP contribution in [0.25, 0.3) is 0 Å². The molecule has 1 saturated heterocycles. The molecule has 4 heteroatoms. The van der Waals surface area contributed by atoms with Crippen molar-refractivity contribution in [3.63, 3.8) is 0 Å². The number of halogens is 1. The molecule has 1 aromatic rings. The van der Waals surface area contributed by atoms with Gasteiger partial charge in [0.05, 0.1) is 0 Å². The summed E-state index contributed by atoms with van der Waals surface area (Å²) < 4.78 is 5.67. The maximum Gasteiger partial charge on any atom is 0.263 e. The van der Waals surface area contributed by atoms with E-state index in [4.69, 9.17) is 16.3 Å². The number of hydrogen-bond acceptors (Lipinski definition) is 2. The van der Waals surface area contributed by atoms with Crippen LogP contribution >= 0.6 is 11.6 Å². The SMILES string of the molecule is C[C@@H]1CCCN(C(=O)[C@H](C)Oc2ccc(Cl)cc2)C1. The molecule has 104 valence electrons. The molecule has 1 heterocycles. The fourth-order valence-corrected chi connectivity index (χ4v) is 2.54. The predicted octanol–water partition coefficient (Wildman–Crippen LogP) is 3.37. The number of nitrogens with zero attached hydrogens (tertiary/aromatic N) is 1. The zero-order valence-electron chi connectivity index (χ0n) is 11.4. The number of carbonyl (C=O) groups excluding carboxylic acids is 1. The quantitative estimate of drug-likeness (QED) is 0.850. The minimum atomic E-state index is -0.452. The van der Waals surface area contributed by atoms with Gasteiger partial charge < -0.3 is 9.64 Å². The minimum Gasteiger partial charge on any atom is -0.481 e. The second-order valence-electron chi connectivity index (χ2n) is 5.25. The van der Waals surface area contributed by atoms with Gasteiger partial charge in [-0.05, 0) is 49.9 Å². The molecule has 1 fully saturated rings. The van der Waals surface area contributed by atoms with Crippen molar-refractivity contribution >= 4 is 17.5 Å². The summed E-state index contributed by atoms with van der Waals surface area (Å²) in [6.45, 7) is 5.67.